The van der Waals surface area contributed by atoms with Crippen molar-refractivity contribution in [2.45, 2.75) is 13.1 Å². The van der Waals surface area contributed by atoms with Crippen LogP contribution < -0.4 is 5.32 Å². The van der Waals surface area contributed by atoms with Gasteiger partial charge in [0.05, 0.1) is 5.02 Å². The number of anilines is 1. The van der Waals surface area contributed by atoms with Crippen molar-refractivity contribution in [3.63, 3.8) is 0 Å². The Labute approximate surface area is 127 Å². The quantitative estimate of drug-likeness (QED) is 0.866. The zero-order chi connectivity index (χ0) is 15.2. The molecule has 1 atom stereocenters. The minimum Gasteiger partial charge on any atom is -0.366 e. The number of nitrogens with one attached hydrogen (secondary N) is 1. The van der Waals surface area contributed by atoms with Crippen LogP contribution in [0, 0.1) is 17.7 Å². The van der Waals surface area contributed by atoms with Gasteiger partial charge in [0.15, 0.2) is 0 Å². The van der Waals surface area contributed by atoms with E-state index in [0.29, 0.717) is 22.0 Å². The van der Waals surface area contributed by atoms with Crippen molar-refractivity contribution in [1.29, 1.82) is 0 Å². The minimum absolute atomic E-state index is 0.146. The van der Waals surface area contributed by atoms with Crippen molar-refractivity contribution in [2.24, 2.45) is 0 Å². The van der Waals surface area contributed by atoms with E-state index in [1.807, 2.05) is 0 Å². The van der Waals surface area contributed by atoms with Crippen molar-refractivity contribution in [2.75, 3.05) is 11.9 Å². The largest absolute Gasteiger partial charge is 0.366 e. The second-order valence-corrected chi connectivity index (χ2v) is 4.88. The van der Waals surface area contributed by atoms with Crippen molar-refractivity contribution >= 4 is 17.4 Å². The minimum atomic E-state index is -0.985. The molecule has 108 valence electrons. The van der Waals surface area contributed by atoms with Gasteiger partial charge >= 0.3 is 0 Å². The first-order valence-electron chi connectivity index (χ1n) is 6.35. The maximum atomic E-state index is 12.8. The lowest BCUT2D eigenvalue weighted by atomic mass is 10.2. The van der Waals surface area contributed by atoms with Crippen LogP contribution in [0.1, 0.15) is 18.1 Å². The summed E-state index contributed by atoms with van der Waals surface area (Å²) in [7, 11) is 0. The molecule has 0 spiro atoms. The van der Waals surface area contributed by atoms with Crippen LogP contribution in [0.25, 0.3) is 0 Å². The molecule has 0 aliphatic heterocycles. The smallest absolute Gasteiger partial charge is 0.144 e. The highest BCUT2D eigenvalue weighted by Crippen LogP contribution is 2.19. The lowest BCUT2D eigenvalue weighted by Gasteiger charge is -2.07. The van der Waals surface area contributed by atoms with Gasteiger partial charge < -0.3 is 5.32 Å². The number of halogens is 3. The predicted octanol–water partition coefficient (Wildman–Crippen LogP) is 4.04. The van der Waals surface area contributed by atoms with Gasteiger partial charge in [0, 0.05) is 23.9 Å². The molecule has 21 heavy (non-hydrogen) atoms. The van der Waals surface area contributed by atoms with E-state index in [2.05, 4.69) is 22.1 Å². The Balaban J connectivity index is 2.12. The molecular formula is C16H13ClF2N2. The maximum Gasteiger partial charge on any atom is 0.144 e. The van der Waals surface area contributed by atoms with E-state index in [1.165, 1.54) is 19.1 Å². The number of pyridine rings is 1. The molecule has 1 heterocycles. The molecule has 5 heteroatoms. The van der Waals surface area contributed by atoms with E-state index in [1.54, 1.807) is 24.4 Å². The van der Waals surface area contributed by atoms with Crippen molar-refractivity contribution < 1.29 is 8.78 Å². The van der Waals surface area contributed by atoms with Crippen molar-refractivity contribution in [3.8, 4) is 11.8 Å². The molecule has 2 rings (SSSR count). The van der Waals surface area contributed by atoms with Gasteiger partial charge in [-0.2, -0.15) is 0 Å². The summed E-state index contributed by atoms with van der Waals surface area (Å²) >= 11 is 6.05. The van der Waals surface area contributed by atoms with Gasteiger partial charge in [0.25, 0.3) is 0 Å². The third-order valence-corrected chi connectivity index (χ3v) is 2.88. The molecule has 0 fully saturated rings. The summed E-state index contributed by atoms with van der Waals surface area (Å²) in [6.45, 7) is 1.59. The fraction of sp³-hybridized carbons (Fsp3) is 0.188. The molecule has 2 nitrogen and oxygen atoms in total. The standard InChI is InChI=1S/C16H13ClF2N2/c1-11(18)9-20-16-15(17)8-13(10-21-16)3-2-12-4-6-14(19)7-5-12/h4-8,10-11H,9H2,1H3,(H,20,21). The van der Waals surface area contributed by atoms with Crippen LogP contribution in [0.4, 0.5) is 14.6 Å². The monoisotopic (exact) mass is 306 g/mol. The van der Waals surface area contributed by atoms with Crippen molar-refractivity contribution in [3.05, 3.63) is 58.5 Å². The van der Waals surface area contributed by atoms with Crippen LogP contribution in [0.2, 0.25) is 5.02 Å². The van der Waals surface area contributed by atoms with Gasteiger partial charge in [-0.1, -0.05) is 23.4 Å². The third kappa shape index (κ3) is 4.73. The zero-order valence-corrected chi connectivity index (χ0v) is 12.1. The number of aromatic nitrogens is 1. The molecule has 0 aliphatic carbocycles. The Kier molecular flexibility index (Phi) is 5.13. The van der Waals surface area contributed by atoms with Gasteiger partial charge in [-0.05, 0) is 37.3 Å². The van der Waals surface area contributed by atoms with Crippen LogP contribution >= 0.6 is 11.6 Å². The lowest BCUT2D eigenvalue weighted by Crippen LogP contribution is -2.12. The zero-order valence-electron chi connectivity index (χ0n) is 11.3. The first-order valence-corrected chi connectivity index (χ1v) is 6.73. The number of hydrogen-bond acceptors (Lipinski definition) is 2. The average Bonchev–Trinajstić information content (AvgIpc) is 2.45. The molecule has 2 aromatic rings. The average molecular weight is 307 g/mol. The summed E-state index contributed by atoms with van der Waals surface area (Å²) in [6.07, 6.45) is 0.564. The van der Waals surface area contributed by atoms with Gasteiger partial charge in [0.1, 0.15) is 17.8 Å². The number of alkyl halides is 1. The van der Waals surface area contributed by atoms with Crippen LogP contribution in [0.3, 0.4) is 0 Å². The molecular weight excluding hydrogens is 294 g/mol. The SMILES string of the molecule is CC(F)CNc1ncc(C#Cc2ccc(F)cc2)cc1Cl. The molecule has 0 saturated carbocycles. The van der Waals surface area contributed by atoms with Gasteiger partial charge in [-0.3, -0.25) is 0 Å². The molecule has 0 radical (unpaired) electrons. The van der Waals surface area contributed by atoms with E-state index in [0.717, 1.165) is 0 Å². The molecule has 0 bridgehead atoms. The Bertz CT molecular complexity index is 673. The number of rotatable bonds is 3. The number of hydrogen-bond donors (Lipinski definition) is 1. The first-order chi connectivity index (χ1) is 10.0. The molecule has 0 saturated heterocycles. The second-order valence-electron chi connectivity index (χ2n) is 4.47. The highest BCUT2D eigenvalue weighted by Gasteiger charge is 2.04. The number of benzene rings is 1. The van der Waals surface area contributed by atoms with E-state index in [-0.39, 0.29) is 12.4 Å². The Morgan fingerprint density at radius 2 is 1.90 bits per heavy atom. The van der Waals surface area contributed by atoms with E-state index >= 15 is 0 Å². The predicted molar refractivity (Wildman–Crippen MR) is 80.7 cm³/mol. The molecule has 1 N–H and O–H groups in total. The maximum absolute atomic E-state index is 12.8. The van der Waals surface area contributed by atoms with Crippen LogP contribution in [-0.4, -0.2) is 17.7 Å². The summed E-state index contributed by atoms with van der Waals surface area (Å²) in [6, 6.07) is 7.53. The Morgan fingerprint density at radius 1 is 1.24 bits per heavy atom. The second kappa shape index (κ2) is 7.05. The molecule has 0 amide bonds. The lowest BCUT2D eigenvalue weighted by molar-refractivity contribution is 0.378. The first kappa shape index (κ1) is 15.3. The fourth-order valence-electron chi connectivity index (χ4n) is 1.55. The molecule has 1 aromatic heterocycles. The van der Waals surface area contributed by atoms with Gasteiger partial charge in [-0.15, -0.1) is 0 Å². The van der Waals surface area contributed by atoms with Crippen LogP contribution in [-0.2, 0) is 0 Å². The summed E-state index contributed by atoms with van der Waals surface area (Å²) in [5.41, 5.74) is 1.32. The normalized spacial score (nSPS) is 11.4. The van der Waals surface area contributed by atoms with Crippen LogP contribution in [0.5, 0.6) is 0 Å². The van der Waals surface area contributed by atoms with Crippen molar-refractivity contribution in [1.82, 2.24) is 4.98 Å². The molecule has 1 aromatic carbocycles. The Morgan fingerprint density at radius 3 is 2.52 bits per heavy atom. The third-order valence-electron chi connectivity index (χ3n) is 2.59. The summed E-state index contributed by atoms with van der Waals surface area (Å²) in [4.78, 5) is 4.10. The van der Waals surface area contributed by atoms with E-state index in [4.69, 9.17) is 11.6 Å². The van der Waals surface area contributed by atoms with Gasteiger partial charge in [0.2, 0.25) is 0 Å². The van der Waals surface area contributed by atoms with E-state index < -0.39 is 6.17 Å². The topological polar surface area (TPSA) is 24.9 Å². The van der Waals surface area contributed by atoms with Crippen LogP contribution in [0.15, 0.2) is 36.5 Å². The molecule has 1 unspecified atom stereocenters. The fourth-order valence-corrected chi connectivity index (χ4v) is 1.78. The Hall–Kier alpha value is -2.12. The summed E-state index contributed by atoms with van der Waals surface area (Å²) in [5, 5.41) is 3.19. The highest BCUT2D eigenvalue weighted by molar-refractivity contribution is 6.33. The summed E-state index contributed by atoms with van der Waals surface area (Å²) in [5.74, 6) is 5.90. The number of nitrogens with zero attached hydrogens (tertiary/aromatic N) is 1. The highest BCUT2D eigenvalue weighted by atomic mass is 35.5. The molecule has 0 aliphatic rings. The van der Waals surface area contributed by atoms with Gasteiger partial charge in [-0.25, -0.2) is 13.8 Å². The van der Waals surface area contributed by atoms with E-state index in [9.17, 15) is 8.78 Å². The summed E-state index contributed by atoms with van der Waals surface area (Å²) < 4.78 is 25.5.